The highest BCUT2D eigenvalue weighted by Crippen LogP contribution is 2.16. The van der Waals surface area contributed by atoms with Crippen LogP contribution >= 0.6 is 12.2 Å². The Balaban J connectivity index is 1.42. The normalized spacial score (nSPS) is 20.4. The molecule has 0 aliphatic carbocycles. The zero-order chi connectivity index (χ0) is 17.6. The topological polar surface area (TPSA) is 54.0 Å². The SMILES string of the molecule is COc1ccc(CNC(=S)N2CCN(C(=O)C3CCCO3)CC2)cc1. The van der Waals surface area contributed by atoms with Gasteiger partial charge in [-0.1, -0.05) is 12.1 Å². The van der Waals surface area contributed by atoms with E-state index in [1.165, 1.54) is 0 Å². The Labute approximate surface area is 154 Å². The zero-order valence-electron chi connectivity index (χ0n) is 14.6. The second kappa shape index (κ2) is 8.49. The molecule has 1 amide bonds. The van der Waals surface area contributed by atoms with Crippen molar-refractivity contribution >= 4 is 23.2 Å². The molecule has 7 heteroatoms. The van der Waals surface area contributed by atoms with Crippen LogP contribution in [0.15, 0.2) is 24.3 Å². The first-order valence-corrected chi connectivity index (χ1v) is 9.14. The summed E-state index contributed by atoms with van der Waals surface area (Å²) in [5.74, 6) is 0.979. The summed E-state index contributed by atoms with van der Waals surface area (Å²) in [7, 11) is 1.66. The molecule has 6 nitrogen and oxygen atoms in total. The number of carbonyl (C=O) groups excluding carboxylic acids is 1. The van der Waals surface area contributed by atoms with E-state index in [0.29, 0.717) is 26.2 Å². The monoisotopic (exact) mass is 363 g/mol. The van der Waals surface area contributed by atoms with Gasteiger partial charge in [0.25, 0.3) is 5.91 Å². The Hall–Kier alpha value is -1.86. The highest BCUT2D eigenvalue weighted by Gasteiger charge is 2.30. The van der Waals surface area contributed by atoms with Gasteiger partial charge in [-0.3, -0.25) is 4.79 Å². The largest absolute Gasteiger partial charge is 0.497 e. The van der Waals surface area contributed by atoms with Crippen LogP contribution in [0, 0.1) is 0 Å². The summed E-state index contributed by atoms with van der Waals surface area (Å²) < 4.78 is 10.7. The van der Waals surface area contributed by atoms with Crippen molar-refractivity contribution in [1.29, 1.82) is 0 Å². The molecular weight excluding hydrogens is 338 g/mol. The van der Waals surface area contributed by atoms with Gasteiger partial charge in [0.1, 0.15) is 11.9 Å². The number of hydrogen-bond donors (Lipinski definition) is 1. The van der Waals surface area contributed by atoms with Crippen LogP contribution in [0.4, 0.5) is 0 Å². The van der Waals surface area contributed by atoms with Crippen molar-refractivity contribution in [3.05, 3.63) is 29.8 Å². The van der Waals surface area contributed by atoms with E-state index in [-0.39, 0.29) is 12.0 Å². The van der Waals surface area contributed by atoms with Crippen LogP contribution in [0.5, 0.6) is 5.75 Å². The molecule has 1 unspecified atom stereocenters. The third kappa shape index (κ3) is 4.61. The number of nitrogens with zero attached hydrogens (tertiary/aromatic N) is 2. The summed E-state index contributed by atoms with van der Waals surface area (Å²) in [6, 6.07) is 7.92. The fourth-order valence-electron chi connectivity index (χ4n) is 3.14. The molecule has 136 valence electrons. The lowest BCUT2D eigenvalue weighted by atomic mass is 10.2. The lowest BCUT2D eigenvalue weighted by Gasteiger charge is -2.37. The average Bonchev–Trinajstić information content (AvgIpc) is 3.21. The molecule has 2 saturated heterocycles. The lowest BCUT2D eigenvalue weighted by Crippen LogP contribution is -2.54. The maximum atomic E-state index is 12.4. The third-order valence-corrected chi connectivity index (χ3v) is 5.09. The minimum absolute atomic E-state index is 0.134. The Bertz CT molecular complexity index is 594. The van der Waals surface area contributed by atoms with E-state index in [4.69, 9.17) is 21.7 Å². The molecule has 2 aliphatic rings. The van der Waals surface area contributed by atoms with Crippen molar-refractivity contribution in [1.82, 2.24) is 15.1 Å². The molecule has 0 radical (unpaired) electrons. The smallest absolute Gasteiger partial charge is 0.251 e. The third-order valence-electron chi connectivity index (χ3n) is 4.69. The van der Waals surface area contributed by atoms with Crippen LogP contribution in [-0.2, 0) is 16.1 Å². The van der Waals surface area contributed by atoms with E-state index in [1.807, 2.05) is 29.2 Å². The number of ether oxygens (including phenoxy) is 2. The molecule has 0 aromatic heterocycles. The van der Waals surface area contributed by atoms with Crippen LogP contribution in [-0.4, -0.2) is 66.8 Å². The molecule has 0 spiro atoms. The standard InChI is InChI=1S/C18H25N3O3S/c1-23-15-6-4-14(5-7-15)13-19-18(25)21-10-8-20(9-11-21)17(22)16-3-2-12-24-16/h4-7,16H,2-3,8-13H2,1H3,(H,19,25). The van der Waals surface area contributed by atoms with E-state index in [2.05, 4.69) is 10.2 Å². The number of rotatable bonds is 4. The Morgan fingerprint density at radius 3 is 2.52 bits per heavy atom. The maximum absolute atomic E-state index is 12.4. The van der Waals surface area contributed by atoms with Crippen molar-refractivity contribution in [3.8, 4) is 5.75 Å². The van der Waals surface area contributed by atoms with Gasteiger partial charge in [-0.25, -0.2) is 0 Å². The first-order valence-electron chi connectivity index (χ1n) is 8.73. The molecule has 2 aliphatic heterocycles. The van der Waals surface area contributed by atoms with Crippen LogP contribution in [0.2, 0.25) is 0 Å². The maximum Gasteiger partial charge on any atom is 0.251 e. The van der Waals surface area contributed by atoms with Gasteiger partial charge in [-0.05, 0) is 42.8 Å². The number of benzene rings is 1. The molecule has 1 aromatic rings. The van der Waals surface area contributed by atoms with E-state index in [9.17, 15) is 4.79 Å². The summed E-state index contributed by atoms with van der Waals surface area (Å²) in [6.07, 6.45) is 1.60. The van der Waals surface area contributed by atoms with Crippen molar-refractivity contribution in [3.63, 3.8) is 0 Å². The van der Waals surface area contributed by atoms with Gasteiger partial charge in [0.05, 0.1) is 7.11 Å². The van der Waals surface area contributed by atoms with E-state index in [0.717, 1.165) is 42.4 Å². The number of amides is 1. The van der Waals surface area contributed by atoms with Crippen LogP contribution in [0.25, 0.3) is 0 Å². The van der Waals surface area contributed by atoms with Gasteiger partial charge in [0.15, 0.2) is 5.11 Å². The number of hydrogen-bond acceptors (Lipinski definition) is 4. The number of piperazine rings is 1. The number of nitrogens with one attached hydrogen (secondary N) is 1. The number of carbonyl (C=O) groups is 1. The van der Waals surface area contributed by atoms with Gasteiger partial charge >= 0.3 is 0 Å². The molecule has 2 heterocycles. The molecule has 25 heavy (non-hydrogen) atoms. The summed E-state index contributed by atoms with van der Waals surface area (Å²) >= 11 is 5.50. The van der Waals surface area contributed by atoms with Gasteiger partial charge < -0.3 is 24.6 Å². The van der Waals surface area contributed by atoms with Crippen LogP contribution in [0.3, 0.4) is 0 Å². The second-order valence-electron chi connectivity index (χ2n) is 6.32. The fraction of sp³-hybridized carbons (Fsp3) is 0.556. The molecule has 1 aromatic carbocycles. The average molecular weight is 363 g/mol. The van der Waals surface area contributed by atoms with E-state index >= 15 is 0 Å². The molecular formula is C18H25N3O3S. The number of thiocarbonyl (C=S) groups is 1. The second-order valence-corrected chi connectivity index (χ2v) is 6.71. The van der Waals surface area contributed by atoms with Gasteiger partial charge in [-0.2, -0.15) is 0 Å². The highest BCUT2D eigenvalue weighted by molar-refractivity contribution is 7.80. The molecule has 0 bridgehead atoms. The Morgan fingerprint density at radius 1 is 1.24 bits per heavy atom. The predicted molar refractivity (Wildman–Crippen MR) is 99.6 cm³/mol. The zero-order valence-corrected chi connectivity index (χ0v) is 15.4. The van der Waals surface area contributed by atoms with Crippen molar-refractivity contribution < 1.29 is 14.3 Å². The van der Waals surface area contributed by atoms with Gasteiger partial charge in [0, 0.05) is 39.3 Å². The first-order chi connectivity index (χ1) is 12.2. The molecule has 0 saturated carbocycles. The molecule has 1 atom stereocenters. The fourth-order valence-corrected chi connectivity index (χ4v) is 3.39. The molecule has 3 rings (SSSR count). The summed E-state index contributed by atoms with van der Waals surface area (Å²) in [6.45, 7) is 4.29. The Kier molecular flexibility index (Phi) is 6.09. The van der Waals surface area contributed by atoms with Crippen LogP contribution in [0.1, 0.15) is 18.4 Å². The molecule has 2 fully saturated rings. The van der Waals surface area contributed by atoms with Crippen molar-refractivity contribution in [2.45, 2.75) is 25.5 Å². The summed E-state index contributed by atoms with van der Waals surface area (Å²) in [5.41, 5.74) is 1.15. The van der Waals surface area contributed by atoms with E-state index in [1.54, 1.807) is 7.11 Å². The van der Waals surface area contributed by atoms with Crippen LogP contribution < -0.4 is 10.1 Å². The Morgan fingerprint density at radius 2 is 1.92 bits per heavy atom. The summed E-state index contributed by atoms with van der Waals surface area (Å²) in [5, 5.41) is 4.03. The van der Waals surface area contributed by atoms with Gasteiger partial charge in [-0.15, -0.1) is 0 Å². The minimum atomic E-state index is -0.230. The first kappa shape index (κ1) is 17.9. The van der Waals surface area contributed by atoms with Gasteiger partial charge in [0.2, 0.25) is 0 Å². The molecule has 1 N–H and O–H groups in total. The quantitative estimate of drug-likeness (QED) is 0.816. The minimum Gasteiger partial charge on any atom is -0.497 e. The van der Waals surface area contributed by atoms with Crippen molar-refractivity contribution in [2.75, 3.05) is 39.9 Å². The lowest BCUT2D eigenvalue weighted by molar-refractivity contribution is -0.142. The highest BCUT2D eigenvalue weighted by atomic mass is 32.1. The summed E-state index contributed by atoms with van der Waals surface area (Å²) in [4.78, 5) is 16.4. The predicted octanol–water partition coefficient (Wildman–Crippen LogP) is 1.39. The van der Waals surface area contributed by atoms with E-state index < -0.39 is 0 Å². The number of methoxy groups -OCH3 is 1. The van der Waals surface area contributed by atoms with Crippen molar-refractivity contribution in [2.24, 2.45) is 0 Å².